The number of nitrogens with zero attached hydrogens (tertiary/aromatic N) is 2. The molecule has 2 heterocycles. The monoisotopic (exact) mass is 1430 g/mol. The van der Waals surface area contributed by atoms with Gasteiger partial charge in [-0.25, -0.2) is 0 Å². The molecule has 0 unspecified atom stereocenters. The largest absolute Gasteiger partial charge is 0.494 e. The van der Waals surface area contributed by atoms with Gasteiger partial charge in [-0.05, 0) is 222 Å². The lowest BCUT2D eigenvalue weighted by atomic mass is 9.38. The Hall–Kier alpha value is -5.89. The Balaban J connectivity index is 0.000000153. The zero-order valence-electron chi connectivity index (χ0n) is 54.9. The number of ether oxygens (including phenoxy) is 8. The predicted molar refractivity (Wildman–Crippen MR) is 378 cm³/mol. The molecule has 3 amide bonds. The zero-order valence-corrected chi connectivity index (χ0v) is 59.5. The highest BCUT2D eigenvalue weighted by Crippen LogP contribution is 2.69. The van der Waals surface area contributed by atoms with E-state index in [9.17, 15) is 14.4 Å². The van der Waals surface area contributed by atoms with Gasteiger partial charge in [-0.3, -0.25) is 24.2 Å². The van der Waals surface area contributed by atoms with Gasteiger partial charge in [0, 0.05) is 70.9 Å². The highest BCUT2D eigenvalue weighted by molar-refractivity contribution is 6.32. The van der Waals surface area contributed by atoms with Gasteiger partial charge in [-0.2, -0.15) is 0 Å². The highest BCUT2D eigenvalue weighted by Gasteiger charge is 2.73. The molecule has 2 aliphatic heterocycles. The van der Waals surface area contributed by atoms with Gasteiger partial charge in [0.2, 0.25) is 0 Å². The van der Waals surface area contributed by atoms with Crippen LogP contribution in [-0.2, 0) is 23.9 Å². The summed E-state index contributed by atoms with van der Waals surface area (Å²) < 4.78 is 45.2. The Morgan fingerprint density at radius 3 is 0.865 bits per heavy atom. The molecular weight excluding hydrogens is 1350 g/mol. The number of benzene rings is 6. The molecule has 0 radical (unpaired) electrons. The molecule has 9 aliphatic carbocycles. The van der Waals surface area contributed by atoms with Gasteiger partial charge in [0.1, 0.15) is 47.7 Å². The lowest BCUT2D eigenvalue weighted by Crippen LogP contribution is -2.85. The number of halogens is 6. The third-order valence-corrected chi connectivity index (χ3v) is 20.5. The standard InChI is InChI=1S/2C24H26Cl2N2O4.C22H23Cl2NO3.2C2H6/c2*25-17-1-5-20(6-2-17)31-10-9-28(19-11-30-12-19)24-14-23(15-24,16-24)27-22(29)13-32-21-7-3-18(26)4-8-21;23-16-2-6-18(7-3-16)27-11-1-10-21-13-22(14-21,15-21)25-20(26)12-28-19-8-4-17(24)5-9-19;2*1-2/h2*1-8,19H,9-16H2,(H,27,29);2-9H,1,10-15H2,(H,25,26);2*1-2H3. The van der Waals surface area contributed by atoms with E-state index in [0.717, 1.165) is 127 Å². The fourth-order valence-electron chi connectivity index (χ4n) is 14.9. The molecule has 3 N–H and O–H groups in total. The maximum absolute atomic E-state index is 12.4. The molecule has 17 rings (SSSR count). The SMILES string of the molecule is CC.CC.O=C(COc1ccc(Cl)cc1)NC12CC(CCCOc3ccc(Cl)cc3)(C1)C2.O=C(COc1ccc(Cl)cc1)NC12CC(N(CCOc3ccc(Cl)cc3)C3COC3)(C1)C2.O=C(COc1ccc(Cl)cc1)NC12CC(N(CCOc3ccc(Cl)cc3)C3COC3)(C1)C2. The average molecular weight is 1440 g/mol. The fraction of sp³-hybridized carbons (Fsp3) is 0.473. The van der Waals surface area contributed by atoms with Gasteiger partial charge in [0.05, 0.1) is 45.1 Å². The second-order valence-corrected chi connectivity index (χ2v) is 28.7. The molecule has 0 aromatic heterocycles. The minimum absolute atomic E-state index is 0.00250. The van der Waals surface area contributed by atoms with Crippen LogP contribution in [0.25, 0.3) is 0 Å². The van der Waals surface area contributed by atoms with Crippen LogP contribution in [0.1, 0.15) is 98.3 Å². The summed E-state index contributed by atoms with van der Waals surface area (Å²) in [5, 5.41) is 13.6. The number of carbonyl (C=O) groups excluding carboxylic acids is 3. The molecule has 2 saturated heterocycles. The fourth-order valence-corrected chi connectivity index (χ4v) is 15.7. The second-order valence-electron chi connectivity index (χ2n) is 26.0. The van der Waals surface area contributed by atoms with Crippen molar-refractivity contribution in [2.24, 2.45) is 5.41 Å². The molecular formula is C74H87Cl6N5O11. The highest BCUT2D eigenvalue weighted by atomic mass is 35.5. The number of amides is 3. The average Bonchev–Trinajstić information content (AvgIpc) is 0.668. The van der Waals surface area contributed by atoms with Crippen molar-refractivity contribution in [3.8, 4) is 34.5 Å². The quantitative estimate of drug-likeness (QED) is 0.0380. The number of nitrogens with one attached hydrogen (secondary N) is 3. The van der Waals surface area contributed by atoms with Crippen molar-refractivity contribution in [2.75, 3.05) is 79.2 Å². The van der Waals surface area contributed by atoms with E-state index >= 15 is 0 Å². The lowest BCUT2D eigenvalue weighted by molar-refractivity contribution is -0.224. The van der Waals surface area contributed by atoms with Crippen LogP contribution in [0.4, 0.5) is 0 Å². The van der Waals surface area contributed by atoms with Gasteiger partial charge in [-0.1, -0.05) is 97.3 Å². The van der Waals surface area contributed by atoms with Crippen molar-refractivity contribution < 1.29 is 52.3 Å². The smallest absolute Gasteiger partial charge is 0.258 e. The molecule has 6 aromatic rings. The third-order valence-electron chi connectivity index (χ3n) is 19.0. The van der Waals surface area contributed by atoms with Gasteiger partial charge >= 0.3 is 0 Å². The summed E-state index contributed by atoms with van der Waals surface area (Å²) in [6.07, 6.45) is 11.1. The summed E-state index contributed by atoms with van der Waals surface area (Å²) in [4.78, 5) is 42.1. The molecule has 0 spiro atoms. The molecule has 9 saturated carbocycles. The normalized spacial score (nSPS) is 24.6. The van der Waals surface area contributed by atoms with Gasteiger partial charge in [-0.15, -0.1) is 0 Å². The third kappa shape index (κ3) is 18.5. The lowest BCUT2D eigenvalue weighted by Gasteiger charge is -2.75. The summed E-state index contributed by atoms with van der Waals surface area (Å²) in [5.74, 6) is 4.18. The van der Waals surface area contributed by atoms with Crippen molar-refractivity contribution in [2.45, 2.75) is 138 Å². The molecule has 6 aromatic carbocycles. The van der Waals surface area contributed by atoms with Crippen molar-refractivity contribution in [1.29, 1.82) is 0 Å². The van der Waals surface area contributed by atoms with Crippen LogP contribution in [0.5, 0.6) is 34.5 Å². The number of rotatable bonds is 29. The second kappa shape index (κ2) is 32.9. The van der Waals surface area contributed by atoms with E-state index < -0.39 is 0 Å². The maximum Gasteiger partial charge on any atom is 0.258 e. The Labute approximate surface area is 594 Å². The molecule has 11 aliphatic rings. The van der Waals surface area contributed by atoms with Gasteiger partial charge in [0.15, 0.2) is 19.8 Å². The van der Waals surface area contributed by atoms with Crippen LogP contribution in [-0.4, -0.2) is 146 Å². The zero-order chi connectivity index (χ0) is 68.0. The predicted octanol–water partition coefficient (Wildman–Crippen LogP) is 15.2. The van der Waals surface area contributed by atoms with E-state index in [2.05, 4.69) is 25.8 Å². The van der Waals surface area contributed by atoms with Gasteiger partial charge in [0.25, 0.3) is 17.7 Å². The minimum Gasteiger partial charge on any atom is -0.494 e. The van der Waals surface area contributed by atoms with Crippen molar-refractivity contribution in [3.63, 3.8) is 0 Å². The van der Waals surface area contributed by atoms with E-state index in [0.29, 0.717) is 84.7 Å². The molecule has 11 fully saturated rings. The molecule has 96 heavy (non-hydrogen) atoms. The summed E-state index contributed by atoms with van der Waals surface area (Å²) in [5.41, 5.74) is 0.482. The van der Waals surface area contributed by atoms with E-state index in [1.807, 2.05) is 100 Å². The van der Waals surface area contributed by atoms with Crippen LogP contribution in [0, 0.1) is 5.41 Å². The molecule has 0 atom stereocenters. The van der Waals surface area contributed by atoms with E-state index in [-0.39, 0.29) is 65.2 Å². The Morgan fingerprint density at radius 2 is 0.615 bits per heavy atom. The first-order valence-corrected chi connectivity index (χ1v) is 35.6. The molecule has 16 nitrogen and oxygen atoms in total. The summed E-state index contributed by atoms with van der Waals surface area (Å²) in [6.45, 7) is 14.7. The first-order chi connectivity index (χ1) is 46.4. The van der Waals surface area contributed by atoms with Crippen molar-refractivity contribution in [1.82, 2.24) is 25.8 Å². The number of carbonyl (C=O) groups is 3. The Bertz CT molecular complexity index is 3280. The molecule has 6 bridgehead atoms. The maximum atomic E-state index is 12.4. The van der Waals surface area contributed by atoms with Crippen molar-refractivity contribution >= 4 is 87.3 Å². The Kier molecular flexibility index (Phi) is 24.9. The van der Waals surface area contributed by atoms with Gasteiger partial charge < -0.3 is 53.8 Å². The van der Waals surface area contributed by atoms with Crippen LogP contribution >= 0.6 is 69.6 Å². The Morgan fingerprint density at radius 1 is 0.375 bits per heavy atom. The van der Waals surface area contributed by atoms with E-state index in [1.54, 1.807) is 72.8 Å². The summed E-state index contributed by atoms with van der Waals surface area (Å²) in [6, 6.07) is 44.2. The summed E-state index contributed by atoms with van der Waals surface area (Å²) >= 11 is 35.4. The first kappa shape index (κ1) is 72.8. The number of hydrogen-bond donors (Lipinski definition) is 3. The molecule has 516 valence electrons. The first-order valence-electron chi connectivity index (χ1n) is 33.3. The van der Waals surface area contributed by atoms with Crippen LogP contribution in [0.15, 0.2) is 146 Å². The van der Waals surface area contributed by atoms with E-state index in [1.165, 1.54) is 0 Å². The molecule has 22 heteroatoms. The van der Waals surface area contributed by atoms with Crippen LogP contribution in [0.3, 0.4) is 0 Å². The van der Waals surface area contributed by atoms with Crippen LogP contribution < -0.4 is 44.4 Å². The number of hydrogen-bond acceptors (Lipinski definition) is 13. The topological polar surface area (TPSA) is 168 Å². The van der Waals surface area contributed by atoms with Crippen molar-refractivity contribution in [3.05, 3.63) is 176 Å². The minimum atomic E-state index is -0.0969. The van der Waals surface area contributed by atoms with Crippen LogP contribution in [0.2, 0.25) is 30.1 Å². The van der Waals surface area contributed by atoms with E-state index in [4.69, 9.17) is 108 Å². The summed E-state index contributed by atoms with van der Waals surface area (Å²) in [7, 11) is 0.